The lowest BCUT2D eigenvalue weighted by molar-refractivity contribution is -0.144. The van der Waals surface area contributed by atoms with Crippen molar-refractivity contribution in [1.29, 1.82) is 0 Å². The van der Waals surface area contributed by atoms with E-state index in [2.05, 4.69) is 20.2 Å². The Morgan fingerprint density at radius 3 is 2.58 bits per heavy atom. The molecule has 1 aromatic rings. The van der Waals surface area contributed by atoms with E-state index in [1.807, 2.05) is 0 Å². The second-order valence-electron chi connectivity index (χ2n) is 4.37. The number of halogens is 4. The van der Waals surface area contributed by atoms with Gasteiger partial charge in [-0.1, -0.05) is 11.6 Å². The molecule has 106 valence electrons. The predicted molar refractivity (Wildman–Crippen MR) is 66.2 cm³/mol. The van der Waals surface area contributed by atoms with Gasteiger partial charge in [0.05, 0.1) is 0 Å². The molecule has 0 bridgehead atoms. The highest BCUT2D eigenvalue weighted by molar-refractivity contribution is 6.29. The zero-order chi connectivity index (χ0) is 13.9. The van der Waals surface area contributed by atoms with Gasteiger partial charge in [0.25, 0.3) is 0 Å². The van der Waals surface area contributed by atoms with Crippen LogP contribution in [-0.4, -0.2) is 41.0 Å². The second-order valence-corrected chi connectivity index (χ2v) is 4.76. The Morgan fingerprint density at radius 2 is 1.95 bits per heavy atom. The summed E-state index contributed by atoms with van der Waals surface area (Å²) in [7, 11) is 0. The molecule has 8 heteroatoms. The van der Waals surface area contributed by atoms with Gasteiger partial charge in [0.15, 0.2) is 0 Å². The van der Waals surface area contributed by atoms with Crippen molar-refractivity contribution >= 4 is 17.4 Å². The van der Waals surface area contributed by atoms with Gasteiger partial charge in [0.1, 0.15) is 11.0 Å². The van der Waals surface area contributed by atoms with Gasteiger partial charge in [-0.05, 0) is 25.9 Å². The van der Waals surface area contributed by atoms with Crippen molar-refractivity contribution in [3.05, 3.63) is 17.0 Å². The molecule has 0 unspecified atom stereocenters. The van der Waals surface area contributed by atoms with E-state index in [0.717, 1.165) is 19.6 Å². The quantitative estimate of drug-likeness (QED) is 0.867. The molecule has 0 amide bonds. The van der Waals surface area contributed by atoms with Crippen LogP contribution < -0.4 is 5.32 Å². The molecule has 1 aliphatic rings. The molecule has 1 aromatic heterocycles. The Bertz CT molecular complexity index is 432. The van der Waals surface area contributed by atoms with Crippen LogP contribution in [-0.2, 0) is 6.18 Å². The third kappa shape index (κ3) is 4.21. The van der Waals surface area contributed by atoms with E-state index in [0.29, 0.717) is 6.54 Å². The number of anilines is 1. The summed E-state index contributed by atoms with van der Waals surface area (Å²) in [5.41, 5.74) is 0. The molecule has 1 N–H and O–H groups in total. The fourth-order valence-electron chi connectivity index (χ4n) is 1.98. The maximum absolute atomic E-state index is 12.5. The predicted octanol–water partition coefficient (Wildman–Crippen LogP) is 2.66. The third-order valence-corrected chi connectivity index (χ3v) is 3.07. The van der Waals surface area contributed by atoms with Crippen LogP contribution in [0.3, 0.4) is 0 Å². The van der Waals surface area contributed by atoms with E-state index in [1.165, 1.54) is 18.9 Å². The molecule has 0 aliphatic carbocycles. The minimum Gasteiger partial charge on any atom is -0.369 e. The van der Waals surface area contributed by atoms with Crippen molar-refractivity contribution in [2.45, 2.75) is 19.0 Å². The average molecular weight is 295 g/mol. The first kappa shape index (κ1) is 14.3. The molecule has 0 spiro atoms. The van der Waals surface area contributed by atoms with Gasteiger partial charge < -0.3 is 10.2 Å². The Balaban J connectivity index is 1.94. The number of rotatable bonds is 4. The van der Waals surface area contributed by atoms with Crippen molar-refractivity contribution in [3.8, 4) is 0 Å². The summed E-state index contributed by atoms with van der Waals surface area (Å²) < 4.78 is 37.5. The topological polar surface area (TPSA) is 41.1 Å². The van der Waals surface area contributed by atoms with Gasteiger partial charge in [-0.2, -0.15) is 13.2 Å². The van der Waals surface area contributed by atoms with E-state index in [9.17, 15) is 13.2 Å². The second kappa shape index (κ2) is 5.92. The van der Waals surface area contributed by atoms with Gasteiger partial charge in [-0.3, -0.25) is 0 Å². The lowest BCUT2D eigenvalue weighted by Crippen LogP contribution is -2.26. The highest BCUT2D eigenvalue weighted by Crippen LogP contribution is 2.28. The van der Waals surface area contributed by atoms with Gasteiger partial charge >= 0.3 is 6.18 Å². The van der Waals surface area contributed by atoms with E-state index >= 15 is 0 Å². The number of hydrogen-bond acceptors (Lipinski definition) is 4. The van der Waals surface area contributed by atoms with Crippen LogP contribution in [0.5, 0.6) is 0 Å². The number of aromatic nitrogens is 2. The molecule has 2 rings (SSSR count). The normalized spacial score (nSPS) is 16.8. The van der Waals surface area contributed by atoms with Gasteiger partial charge in [-0.25, -0.2) is 9.97 Å². The van der Waals surface area contributed by atoms with E-state index in [4.69, 9.17) is 11.6 Å². The standard InChI is InChI=1S/C11H14ClF3N4/c12-8-7-9(18-10(17-8)11(13,14)15)16-3-6-19-4-1-2-5-19/h7H,1-6H2,(H,16,17,18). The van der Waals surface area contributed by atoms with Gasteiger partial charge in [0, 0.05) is 19.2 Å². The Hall–Kier alpha value is -1.08. The highest BCUT2D eigenvalue weighted by atomic mass is 35.5. The largest absolute Gasteiger partial charge is 0.451 e. The number of nitrogens with zero attached hydrogens (tertiary/aromatic N) is 3. The van der Waals surface area contributed by atoms with E-state index < -0.39 is 12.0 Å². The van der Waals surface area contributed by atoms with Crippen LogP contribution in [0, 0.1) is 0 Å². The average Bonchev–Trinajstić information content (AvgIpc) is 2.80. The maximum Gasteiger partial charge on any atom is 0.451 e. The van der Waals surface area contributed by atoms with Crippen molar-refractivity contribution in [1.82, 2.24) is 14.9 Å². The zero-order valence-electron chi connectivity index (χ0n) is 10.2. The number of alkyl halides is 3. The summed E-state index contributed by atoms with van der Waals surface area (Å²) in [6, 6.07) is 1.29. The third-order valence-electron chi connectivity index (χ3n) is 2.88. The minimum atomic E-state index is -4.59. The van der Waals surface area contributed by atoms with Crippen LogP contribution in [0.25, 0.3) is 0 Å². The van der Waals surface area contributed by atoms with Gasteiger partial charge in [-0.15, -0.1) is 0 Å². The lowest BCUT2D eigenvalue weighted by atomic mass is 10.4. The Kier molecular flexibility index (Phi) is 4.46. The summed E-state index contributed by atoms with van der Waals surface area (Å²) in [6.45, 7) is 3.40. The highest BCUT2D eigenvalue weighted by Gasteiger charge is 2.35. The molecule has 0 saturated carbocycles. The van der Waals surface area contributed by atoms with Crippen molar-refractivity contribution in [2.24, 2.45) is 0 Å². The summed E-state index contributed by atoms with van der Waals surface area (Å²) >= 11 is 5.56. The monoisotopic (exact) mass is 294 g/mol. The Morgan fingerprint density at radius 1 is 1.26 bits per heavy atom. The van der Waals surface area contributed by atoms with Gasteiger partial charge in [0.2, 0.25) is 5.82 Å². The molecule has 0 radical (unpaired) electrons. The Labute approximate surface area is 114 Å². The molecule has 2 heterocycles. The molecule has 0 atom stereocenters. The molecule has 1 saturated heterocycles. The summed E-state index contributed by atoms with van der Waals surface area (Å²) in [5, 5.41) is 2.63. The number of nitrogens with one attached hydrogen (secondary N) is 1. The molecular formula is C11H14ClF3N4. The molecule has 1 fully saturated rings. The van der Waals surface area contributed by atoms with Crippen LogP contribution in [0.4, 0.5) is 19.0 Å². The fourth-order valence-corrected chi connectivity index (χ4v) is 2.17. The van der Waals surface area contributed by atoms with Crippen LogP contribution >= 0.6 is 11.6 Å². The van der Waals surface area contributed by atoms with Crippen molar-refractivity contribution in [3.63, 3.8) is 0 Å². The number of likely N-dealkylation sites (tertiary alicyclic amines) is 1. The maximum atomic E-state index is 12.5. The van der Waals surface area contributed by atoms with Crippen LogP contribution in [0.1, 0.15) is 18.7 Å². The zero-order valence-corrected chi connectivity index (χ0v) is 10.9. The van der Waals surface area contributed by atoms with Crippen molar-refractivity contribution < 1.29 is 13.2 Å². The minimum absolute atomic E-state index is 0.103. The first-order chi connectivity index (χ1) is 8.95. The first-order valence-corrected chi connectivity index (χ1v) is 6.41. The first-order valence-electron chi connectivity index (χ1n) is 6.03. The summed E-state index contributed by atoms with van der Waals surface area (Å²) in [6.07, 6.45) is -2.23. The van der Waals surface area contributed by atoms with E-state index in [-0.39, 0.29) is 11.0 Å². The molecule has 0 aromatic carbocycles. The smallest absolute Gasteiger partial charge is 0.369 e. The summed E-state index contributed by atoms with van der Waals surface area (Å²) in [5.74, 6) is -1.12. The SMILES string of the molecule is FC(F)(F)c1nc(Cl)cc(NCCN2CCCC2)n1. The van der Waals surface area contributed by atoms with Crippen molar-refractivity contribution in [2.75, 3.05) is 31.5 Å². The molecular weight excluding hydrogens is 281 g/mol. The van der Waals surface area contributed by atoms with Crippen LogP contribution in [0.2, 0.25) is 5.15 Å². The molecule has 4 nitrogen and oxygen atoms in total. The fraction of sp³-hybridized carbons (Fsp3) is 0.636. The number of hydrogen-bond donors (Lipinski definition) is 1. The van der Waals surface area contributed by atoms with E-state index in [1.54, 1.807) is 0 Å². The van der Waals surface area contributed by atoms with Crippen LogP contribution in [0.15, 0.2) is 6.07 Å². The lowest BCUT2D eigenvalue weighted by Gasteiger charge is -2.15. The summed E-state index contributed by atoms with van der Waals surface area (Å²) in [4.78, 5) is 8.84. The molecule has 1 aliphatic heterocycles. The molecule has 19 heavy (non-hydrogen) atoms.